The number of pyridine rings is 3. The minimum atomic E-state index is 0.502. The second kappa shape index (κ2) is 37.0. The van der Waals surface area contributed by atoms with E-state index in [0.717, 1.165) is 166 Å². The van der Waals surface area contributed by atoms with Gasteiger partial charge in [-0.3, -0.25) is 0 Å². The maximum Gasteiger partial charge on any atom is 0.163 e. The van der Waals surface area contributed by atoms with Crippen LogP contribution in [0.2, 0.25) is 0 Å². The Morgan fingerprint density at radius 3 is 1.25 bits per heavy atom. The van der Waals surface area contributed by atoms with Gasteiger partial charge in [-0.1, -0.05) is 17.7 Å². The number of benzene rings is 3. The fraction of sp³-hybridized carbons (Fsp3) is 0.594. The Morgan fingerprint density at radius 2 is 0.845 bits per heavy atom. The summed E-state index contributed by atoms with van der Waals surface area (Å²) in [6, 6.07) is 29.5. The third kappa shape index (κ3) is 19.3. The summed E-state index contributed by atoms with van der Waals surface area (Å²) >= 11 is 0. The van der Waals surface area contributed by atoms with Crippen LogP contribution in [0.4, 0.5) is 17.1 Å². The van der Waals surface area contributed by atoms with Gasteiger partial charge in [-0.2, -0.15) is 0 Å². The average molecular weight is 1580 g/mol. The largest absolute Gasteiger partial charge is 0.493 e. The number of furan rings is 2. The zero-order valence-corrected chi connectivity index (χ0v) is 72.6. The molecule has 2 saturated carbocycles. The summed E-state index contributed by atoms with van der Waals surface area (Å²) in [6.45, 7) is 29.3. The van der Waals surface area contributed by atoms with Crippen LogP contribution in [0.15, 0.2) is 105 Å². The predicted molar refractivity (Wildman–Crippen MR) is 473 cm³/mol. The average Bonchev–Trinajstić information content (AvgIpc) is 0.819. The Hall–Kier alpha value is -8.11. The van der Waals surface area contributed by atoms with E-state index in [1.807, 2.05) is 38.1 Å². The summed E-state index contributed by atoms with van der Waals surface area (Å²) in [5.74, 6) is 8.59. The van der Waals surface area contributed by atoms with Crippen molar-refractivity contribution in [3.63, 3.8) is 0 Å². The molecule has 2 spiro atoms. The number of hydrogen-bond acceptors (Lipinski definition) is 20. The van der Waals surface area contributed by atoms with Crippen LogP contribution in [-0.4, -0.2) is 244 Å². The standard InChI is InChI=1S/C34H48N4O3.C32H44N4O3.C30H42N4O2/c1-24(2)38-16-11-34(12-17-38)22-26(23-34)36(4)30-20-29(31-10-9-25(3)41-31)35-28-21-33(32(39-5)19-27(28)30)40-18-8-15-37-13-6-7-14-37;1-22-6-7-29(39-22)27-17-28(36(4)24-19-32(20-24)10-14-35(3)15-11-32)25-16-30(37-5)31(18-26(25)33-27)38-21-23-8-12-34(2)13-9-23;1-22-8-9-23(18-22)26-20-28(33(3)24-10-15-32(2)16-11-24)25-19-29(35-4)30(21-27(25)31-26)36-17-7-14-34-12-5-6-13-34/h9-10,19-21,24,26H,6-8,11-18,22-23H2,1-5H3;6-7,16-18,23-24H,8-15,19-21H2,1-5H3;8-9,19-21,24H,5-7,10-18H2,1-4H3. The van der Waals surface area contributed by atoms with Crippen molar-refractivity contribution >= 4 is 55.3 Å². The first kappa shape index (κ1) is 83.0. The molecule has 6 saturated heterocycles. The van der Waals surface area contributed by atoms with Crippen LogP contribution in [0.3, 0.4) is 0 Å². The van der Waals surface area contributed by atoms with Crippen LogP contribution in [0, 0.1) is 30.6 Å². The number of anilines is 3. The highest BCUT2D eigenvalue weighted by atomic mass is 16.5. The molecule has 626 valence electrons. The molecule has 0 bridgehead atoms. The highest BCUT2D eigenvalue weighted by molar-refractivity contribution is 5.99. The normalized spacial score (nSPS) is 20.5. The first-order valence-corrected chi connectivity index (χ1v) is 44.1. The van der Waals surface area contributed by atoms with Crippen molar-refractivity contribution in [2.45, 2.75) is 181 Å². The Morgan fingerprint density at radius 1 is 0.448 bits per heavy atom. The monoisotopic (exact) mass is 1580 g/mol. The first-order valence-electron chi connectivity index (χ1n) is 44.1. The topological polar surface area (TPSA) is 149 Å². The number of aromatic nitrogens is 3. The van der Waals surface area contributed by atoms with Gasteiger partial charge < -0.3 is 81.4 Å². The van der Waals surface area contributed by atoms with Crippen molar-refractivity contribution in [3.8, 4) is 57.4 Å². The highest BCUT2D eigenvalue weighted by Gasteiger charge is 2.49. The van der Waals surface area contributed by atoms with Gasteiger partial charge in [0.15, 0.2) is 46.0 Å². The number of rotatable bonds is 26. The third-order valence-electron chi connectivity index (χ3n) is 27.8. The van der Waals surface area contributed by atoms with Crippen LogP contribution < -0.4 is 43.1 Å². The molecular formula is C96H134N12O8. The molecule has 3 aromatic carbocycles. The number of likely N-dealkylation sites (tertiary alicyclic amines) is 6. The molecule has 20 nitrogen and oxygen atoms in total. The fourth-order valence-electron chi connectivity index (χ4n) is 20.0. The smallest absolute Gasteiger partial charge is 0.163 e. The molecule has 9 aliphatic rings. The lowest BCUT2D eigenvalue weighted by Crippen LogP contribution is -2.55. The molecule has 8 fully saturated rings. The van der Waals surface area contributed by atoms with Crippen LogP contribution in [0.25, 0.3) is 61.2 Å². The van der Waals surface area contributed by atoms with Gasteiger partial charge in [0, 0.05) is 110 Å². The number of nitrogens with zero attached hydrogens (tertiary/aromatic N) is 12. The summed E-state index contributed by atoms with van der Waals surface area (Å²) in [6.07, 6.45) is 27.7. The van der Waals surface area contributed by atoms with Gasteiger partial charge in [0.05, 0.1) is 63.4 Å². The summed E-state index contributed by atoms with van der Waals surface area (Å²) in [5, 5.41) is 3.32. The fourth-order valence-corrected chi connectivity index (χ4v) is 20.0. The molecule has 8 aromatic rings. The van der Waals surface area contributed by atoms with Gasteiger partial charge in [0.25, 0.3) is 0 Å². The quantitative estimate of drug-likeness (QED) is 0.0473. The second-order valence-corrected chi connectivity index (χ2v) is 36.3. The van der Waals surface area contributed by atoms with E-state index in [4.69, 9.17) is 52.2 Å². The Kier molecular flexibility index (Phi) is 26.5. The molecule has 11 heterocycles. The molecular weight excluding hydrogens is 1450 g/mol. The van der Waals surface area contributed by atoms with E-state index >= 15 is 0 Å². The van der Waals surface area contributed by atoms with Gasteiger partial charge >= 0.3 is 0 Å². The number of piperidine rings is 4. The first-order chi connectivity index (χ1) is 56.2. The molecule has 0 amide bonds. The Balaban J connectivity index is 0.000000137. The van der Waals surface area contributed by atoms with E-state index in [1.165, 1.54) is 183 Å². The lowest BCUT2D eigenvalue weighted by Gasteiger charge is -2.55. The van der Waals surface area contributed by atoms with Gasteiger partial charge in [-0.15, -0.1) is 0 Å². The molecule has 5 aromatic heterocycles. The highest BCUT2D eigenvalue weighted by Crippen LogP contribution is 2.55. The van der Waals surface area contributed by atoms with E-state index in [1.54, 1.807) is 21.3 Å². The van der Waals surface area contributed by atoms with Crippen LogP contribution >= 0.6 is 0 Å². The van der Waals surface area contributed by atoms with Crippen LogP contribution in [0.1, 0.15) is 160 Å². The maximum absolute atomic E-state index is 6.40. The summed E-state index contributed by atoms with van der Waals surface area (Å²) in [4.78, 5) is 37.7. The van der Waals surface area contributed by atoms with E-state index < -0.39 is 0 Å². The van der Waals surface area contributed by atoms with Crippen molar-refractivity contribution in [1.29, 1.82) is 0 Å². The second-order valence-electron chi connectivity index (χ2n) is 36.3. The molecule has 0 atom stereocenters. The predicted octanol–water partition coefficient (Wildman–Crippen LogP) is 18.0. The Labute approximate surface area is 691 Å². The number of allylic oxidation sites excluding steroid dienone is 4. The van der Waals surface area contributed by atoms with Crippen molar-refractivity contribution < 1.29 is 37.3 Å². The Bertz CT molecular complexity index is 4680. The molecule has 0 radical (unpaired) electrons. The van der Waals surface area contributed by atoms with E-state index in [9.17, 15) is 0 Å². The SMILES string of the molecule is COc1cc2c(N(C)C3CC4(CCN(C(C)C)CC4)C3)cc(-c3ccc(C)o3)nc2cc1OCCCN1CCCC1.COc1cc2c(N(C)C3CC4(CCN(C)CC4)C3)cc(-c3ccc(C)o3)nc2cc1OCC1CCN(C)CC1.COc1cc2c(N(C)C3CCN(C)CC3)cc(C3=CC=C(C)C3)nc2cc1OCCCN1CCCC1. The summed E-state index contributed by atoms with van der Waals surface area (Å²) in [5.41, 5.74) is 12.9. The molecule has 20 heteroatoms. The lowest BCUT2D eigenvalue weighted by molar-refractivity contribution is 0.00698. The zero-order chi connectivity index (χ0) is 80.8. The van der Waals surface area contributed by atoms with Crippen molar-refractivity contribution in [2.75, 3.05) is 190 Å². The van der Waals surface area contributed by atoms with Gasteiger partial charge in [-0.05, 0) is 339 Å². The van der Waals surface area contributed by atoms with Crippen LogP contribution in [-0.2, 0) is 0 Å². The molecule has 0 unspecified atom stereocenters. The van der Waals surface area contributed by atoms with Crippen LogP contribution in [0.5, 0.6) is 34.5 Å². The summed E-state index contributed by atoms with van der Waals surface area (Å²) < 4.78 is 48.5. The van der Waals surface area contributed by atoms with E-state index in [0.29, 0.717) is 60.7 Å². The molecule has 17 rings (SSSR count). The molecule has 3 aliphatic carbocycles. The summed E-state index contributed by atoms with van der Waals surface area (Å²) in [7, 11) is 18.6. The van der Waals surface area contributed by atoms with E-state index in [2.05, 4.69) is 174 Å². The van der Waals surface area contributed by atoms with Crippen molar-refractivity contribution in [1.82, 2.24) is 44.4 Å². The number of hydrogen-bond donors (Lipinski definition) is 0. The zero-order valence-electron chi connectivity index (χ0n) is 72.6. The number of ether oxygens (including phenoxy) is 6. The number of fused-ring (bicyclic) bond motifs is 3. The van der Waals surface area contributed by atoms with Gasteiger partial charge in [-0.25, -0.2) is 15.0 Å². The molecule has 6 aliphatic heterocycles. The number of aryl methyl sites for hydroxylation is 2. The minimum Gasteiger partial charge on any atom is -0.493 e. The van der Waals surface area contributed by atoms with Gasteiger partial charge in [0.2, 0.25) is 0 Å². The van der Waals surface area contributed by atoms with Gasteiger partial charge in [0.1, 0.15) is 22.9 Å². The molecule has 0 N–H and O–H groups in total. The van der Waals surface area contributed by atoms with E-state index in [-0.39, 0.29) is 0 Å². The number of methoxy groups -OCH3 is 3. The van der Waals surface area contributed by atoms with Crippen molar-refractivity contribution in [2.24, 2.45) is 16.7 Å². The maximum atomic E-state index is 6.40. The van der Waals surface area contributed by atoms with Crippen molar-refractivity contribution in [3.05, 3.63) is 114 Å². The minimum absolute atomic E-state index is 0.502. The third-order valence-corrected chi connectivity index (χ3v) is 27.8. The lowest BCUT2D eigenvalue weighted by atomic mass is 9.60. The molecule has 116 heavy (non-hydrogen) atoms.